The van der Waals surface area contributed by atoms with Crippen LogP contribution < -0.4 is 10.6 Å². The lowest BCUT2D eigenvalue weighted by atomic mass is 10.1. The molecule has 3 amide bonds. The molecule has 0 atom stereocenters. The summed E-state index contributed by atoms with van der Waals surface area (Å²) in [6.45, 7) is 2.97. The zero-order valence-electron chi connectivity index (χ0n) is 20.2. The SMILES string of the molecule is O=C(Nc1nc2ccccc2s1)c1ccc(CN2CCN(C(=O)Nc3ccc(C(F)(F)F)cc3)CC2)cc1. The minimum atomic E-state index is -4.41. The third-order valence-electron chi connectivity index (χ3n) is 6.26. The Morgan fingerprint density at radius 1 is 0.868 bits per heavy atom. The molecular weight excluding hydrogens is 515 g/mol. The molecule has 1 saturated heterocycles. The van der Waals surface area contributed by atoms with E-state index in [0.717, 1.165) is 27.9 Å². The van der Waals surface area contributed by atoms with Gasteiger partial charge in [-0.05, 0) is 54.1 Å². The number of aromatic nitrogens is 1. The molecule has 1 aliphatic rings. The van der Waals surface area contributed by atoms with Crippen LogP contribution in [0.2, 0.25) is 0 Å². The van der Waals surface area contributed by atoms with Crippen molar-refractivity contribution in [3.05, 3.63) is 89.5 Å². The number of fused-ring (bicyclic) bond motifs is 1. The van der Waals surface area contributed by atoms with Gasteiger partial charge in [-0.15, -0.1) is 0 Å². The van der Waals surface area contributed by atoms with E-state index in [9.17, 15) is 22.8 Å². The smallest absolute Gasteiger partial charge is 0.322 e. The van der Waals surface area contributed by atoms with Gasteiger partial charge in [-0.25, -0.2) is 9.78 Å². The van der Waals surface area contributed by atoms with Crippen LogP contribution in [0.25, 0.3) is 10.2 Å². The van der Waals surface area contributed by atoms with Crippen LogP contribution in [-0.4, -0.2) is 52.9 Å². The number of thiazole rings is 1. The van der Waals surface area contributed by atoms with Crippen LogP contribution in [-0.2, 0) is 12.7 Å². The van der Waals surface area contributed by atoms with Gasteiger partial charge < -0.3 is 10.2 Å². The molecule has 1 aromatic heterocycles. The Morgan fingerprint density at radius 2 is 1.55 bits per heavy atom. The first kappa shape index (κ1) is 25.7. The second-order valence-corrected chi connectivity index (χ2v) is 9.94. The first-order chi connectivity index (χ1) is 18.2. The summed E-state index contributed by atoms with van der Waals surface area (Å²) in [5.74, 6) is -0.219. The molecule has 3 aromatic carbocycles. The first-order valence-electron chi connectivity index (χ1n) is 12.0. The summed E-state index contributed by atoms with van der Waals surface area (Å²) >= 11 is 1.43. The Hall–Kier alpha value is -3.96. The Bertz CT molecular complexity index is 1400. The van der Waals surface area contributed by atoms with E-state index >= 15 is 0 Å². The number of alkyl halides is 3. The monoisotopic (exact) mass is 539 g/mol. The van der Waals surface area contributed by atoms with Crippen molar-refractivity contribution in [3.63, 3.8) is 0 Å². The minimum Gasteiger partial charge on any atom is -0.322 e. The fourth-order valence-electron chi connectivity index (χ4n) is 4.17. The van der Waals surface area contributed by atoms with Gasteiger partial charge in [-0.3, -0.25) is 15.0 Å². The fourth-order valence-corrected chi connectivity index (χ4v) is 5.03. The summed E-state index contributed by atoms with van der Waals surface area (Å²) in [6.07, 6.45) is -4.41. The molecule has 11 heteroatoms. The number of piperazine rings is 1. The number of hydrogen-bond acceptors (Lipinski definition) is 5. The van der Waals surface area contributed by atoms with E-state index in [0.29, 0.717) is 49.1 Å². The number of hydrogen-bond donors (Lipinski definition) is 2. The van der Waals surface area contributed by atoms with E-state index in [1.54, 1.807) is 17.0 Å². The topological polar surface area (TPSA) is 77.6 Å². The summed E-state index contributed by atoms with van der Waals surface area (Å²) in [6, 6.07) is 19.2. The molecular formula is C27H24F3N5O2S. The second kappa shape index (κ2) is 10.8. The van der Waals surface area contributed by atoms with E-state index < -0.39 is 11.7 Å². The molecule has 7 nitrogen and oxygen atoms in total. The van der Waals surface area contributed by atoms with Gasteiger partial charge in [-0.1, -0.05) is 35.6 Å². The maximum Gasteiger partial charge on any atom is 0.416 e. The molecule has 1 aliphatic heterocycles. The largest absolute Gasteiger partial charge is 0.416 e. The normalized spacial score (nSPS) is 14.4. The molecule has 38 heavy (non-hydrogen) atoms. The number of nitrogens with zero attached hydrogens (tertiary/aromatic N) is 3. The number of anilines is 2. The lowest BCUT2D eigenvalue weighted by Gasteiger charge is -2.34. The number of rotatable bonds is 5. The Labute approximate surface area is 220 Å². The molecule has 0 radical (unpaired) electrons. The van der Waals surface area contributed by atoms with Gasteiger partial charge in [0.1, 0.15) is 0 Å². The van der Waals surface area contributed by atoms with Gasteiger partial charge >= 0.3 is 12.2 Å². The molecule has 1 fully saturated rings. The third kappa shape index (κ3) is 6.12. The van der Waals surface area contributed by atoms with E-state index in [4.69, 9.17) is 0 Å². The number of benzene rings is 3. The highest BCUT2D eigenvalue weighted by Crippen LogP contribution is 2.30. The predicted molar refractivity (Wildman–Crippen MR) is 141 cm³/mol. The van der Waals surface area contributed by atoms with Gasteiger partial charge in [0.05, 0.1) is 15.8 Å². The zero-order valence-corrected chi connectivity index (χ0v) is 21.0. The van der Waals surface area contributed by atoms with Crippen LogP contribution in [0.1, 0.15) is 21.5 Å². The number of halogens is 3. The third-order valence-corrected chi connectivity index (χ3v) is 7.21. The molecule has 0 aliphatic carbocycles. The van der Waals surface area contributed by atoms with E-state index in [1.165, 1.54) is 23.5 Å². The summed E-state index contributed by atoms with van der Waals surface area (Å²) in [5, 5.41) is 6.07. The van der Waals surface area contributed by atoms with Crippen LogP contribution in [0.4, 0.5) is 28.8 Å². The highest BCUT2D eigenvalue weighted by Gasteiger charge is 2.30. The van der Waals surface area contributed by atoms with Gasteiger partial charge in [0.2, 0.25) is 0 Å². The Balaban J connectivity index is 1.09. The number of amides is 3. The van der Waals surface area contributed by atoms with Crippen LogP contribution in [0.15, 0.2) is 72.8 Å². The average Bonchev–Trinajstić information content (AvgIpc) is 3.31. The molecule has 4 aromatic rings. The van der Waals surface area contributed by atoms with Crippen molar-refractivity contribution in [1.29, 1.82) is 0 Å². The van der Waals surface area contributed by atoms with Crippen molar-refractivity contribution in [2.24, 2.45) is 0 Å². The van der Waals surface area contributed by atoms with Gasteiger partial charge in [0.25, 0.3) is 5.91 Å². The molecule has 2 N–H and O–H groups in total. The van der Waals surface area contributed by atoms with Crippen molar-refractivity contribution >= 4 is 44.3 Å². The number of urea groups is 1. The maximum absolute atomic E-state index is 12.7. The molecule has 196 valence electrons. The van der Waals surface area contributed by atoms with E-state index in [-0.39, 0.29) is 11.9 Å². The molecule has 0 unspecified atom stereocenters. The lowest BCUT2D eigenvalue weighted by molar-refractivity contribution is -0.137. The quantitative estimate of drug-likeness (QED) is 0.330. The maximum atomic E-state index is 12.7. The molecule has 0 bridgehead atoms. The fraction of sp³-hybridized carbons (Fsp3) is 0.222. The van der Waals surface area contributed by atoms with Crippen LogP contribution in [0.5, 0.6) is 0 Å². The van der Waals surface area contributed by atoms with Gasteiger partial charge in [0, 0.05) is 44.0 Å². The number of carbonyl (C=O) groups is 2. The van der Waals surface area contributed by atoms with Crippen molar-refractivity contribution in [2.75, 3.05) is 36.8 Å². The number of nitrogens with one attached hydrogen (secondary N) is 2. The summed E-state index contributed by atoms with van der Waals surface area (Å²) in [4.78, 5) is 33.4. The summed E-state index contributed by atoms with van der Waals surface area (Å²) < 4.78 is 39.2. The van der Waals surface area contributed by atoms with E-state index in [2.05, 4.69) is 20.5 Å². The summed E-state index contributed by atoms with van der Waals surface area (Å²) in [7, 11) is 0. The van der Waals surface area contributed by atoms with Crippen LogP contribution >= 0.6 is 11.3 Å². The predicted octanol–water partition coefficient (Wildman–Crippen LogP) is 5.92. The molecule has 5 rings (SSSR count). The Kier molecular flexibility index (Phi) is 7.30. The van der Waals surface area contributed by atoms with Gasteiger partial charge in [0.15, 0.2) is 5.13 Å². The van der Waals surface area contributed by atoms with Crippen molar-refractivity contribution in [3.8, 4) is 0 Å². The van der Waals surface area contributed by atoms with E-state index in [1.807, 2.05) is 36.4 Å². The van der Waals surface area contributed by atoms with Crippen molar-refractivity contribution in [1.82, 2.24) is 14.8 Å². The second-order valence-electron chi connectivity index (χ2n) is 8.91. The molecule has 2 heterocycles. The van der Waals surface area contributed by atoms with Crippen LogP contribution in [0.3, 0.4) is 0 Å². The minimum absolute atomic E-state index is 0.219. The Morgan fingerprint density at radius 3 is 2.21 bits per heavy atom. The van der Waals surface area contributed by atoms with Gasteiger partial charge in [-0.2, -0.15) is 13.2 Å². The number of para-hydroxylation sites is 1. The first-order valence-corrected chi connectivity index (χ1v) is 12.8. The van der Waals surface area contributed by atoms with Crippen molar-refractivity contribution in [2.45, 2.75) is 12.7 Å². The molecule has 0 spiro atoms. The lowest BCUT2D eigenvalue weighted by Crippen LogP contribution is -2.49. The highest BCUT2D eigenvalue weighted by molar-refractivity contribution is 7.22. The average molecular weight is 540 g/mol. The summed E-state index contributed by atoms with van der Waals surface area (Å²) in [5.41, 5.74) is 1.99. The zero-order chi connectivity index (χ0) is 26.7. The van der Waals surface area contributed by atoms with Crippen LogP contribution in [0, 0.1) is 0 Å². The van der Waals surface area contributed by atoms with Crippen molar-refractivity contribution < 1.29 is 22.8 Å². The highest BCUT2D eigenvalue weighted by atomic mass is 32.1. The standard InChI is InChI=1S/C27H24F3N5O2S/c28-27(29,30)20-9-11-21(12-10-20)31-26(37)35-15-13-34(14-16-35)17-18-5-7-19(8-6-18)24(36)33-25-32-22-3-1-2-4-23(22)38-25/h1-12H,13-17H2,(H,31,37)(H,32,33,36). The number of carbonyl (C=O) groups excluding carboxylic acids is 2. The molecule has 0 saturated carbocycles.